The number of benzene rings is 1. The lowest BCUT2D eigenvalue weighted by molar-refractivity contribution is -0.133. The van der Waals surface area contributed by atoms with E-state index in [-0.39, 0.29) is 17.9 Å². The van der Waals surface area contributed by atoms with Crippen molar-refractivity contribution in [3.8, 4) is 0 Å². The van der Waals surface area contributed by atoms with Crippen LogP contribution >= 0.6 is 0 Å². The second kappa shape index (κ2) is 5.83. The number of aryl methyl sites for hydroxylation is 1. The molecular formula is C19H22N2O3. The zero-order valence-corrected chi connectivity index (χ0v) is 13.8. The maximum absolute atomic E-state index is 12.8. The van der Waals surface area contributed by atoms with Crippen LogP contribution in [-0.2, 0) is 4.74 Å². The Bertz CT molecular complexity index is 789. The van der Waals surface area contributed by atoms with E-state index in [9.17, 15) is 9.90 Å². The number of carbonyl (C=O) groups is 1. The Labute approximate surface area is 141 Å². The maximum atomic E-state index is 12.8. The number of ether oxygens (including phenoxy) is 1. The predicted octanol–water partition coefficient (Wildman–Crippen LogP) is 2.16. The highest BCUT2D eigenvalue weighted by Gasteiger charge is 2.38. The van der Waals surface area contributed by atoms with Crippen molar-refractivity contribution in [2.45, 2.75) is 25.7 Å². The zero-order valence-electron chi connectivity index (χ0n) is 13.8. The summed E-state index contributed by atoms with van der Waals surface area (Å²) in [6, 6.07) is 7.97. The summed E-state index contributed by atoms with van der Waals surface area (Å²) in [4.78, 5) is 17.5. The number of rotatable bonds is 5. The predicted molar refractivity (Wildman–Crippen MR) is 91.1 cm³/mol. The van der Waals surface area contributed by atoms with Gasteiger partial charge in [0, 0.05) is 23.5 Å². The van der Waals surface area contributed by atoms with E-state index in [1.54, 1.807) is 0 Å². The van der Waals surface area contributed by atoms with Gasteiger partial charge in [-0.3, -0.25) is 9.78 Å². The van der Waals surface area contributed by atoms with Crippen LogP contribution in [0.3, 0.4) is 0 Å². The molecule has 2 fully saturated rings. The fourth-order valence-electron chi connectivity index (χ4n) is 3.14. The fourth-order valence-corrected chi connectivity index (χ4v) is 3.14. The summed E-state index contributed by atoms with van der Waals surface area (Å²) >= 11 is 0. The van der Waals surface area contributed by atoms with Crippen LogP contribution in [0.2, 0.25) is 0 Å². The number of aromatic nitrogens is 1. The van der Waals surface area contributed by atoms with E-state index in [2.05, 4.69) is 5.32 Å². The first-order valence-corrected chi connectivity index (χ1v) is 8.48. The lowest BCUT2D eigenvalue weighted by Crippen LogP contribution is -2.53. The van der Waals surface area contributed by atoms with Gasteiger partial charge in [-0.05, 0) is 38.0 Å². The summed E-state index contributed by atoms with van der Waals surface area (Å²) in [5, 5.41) is 13.4. The van der Waals surface area contributed by atoms with Crippen LogP contribution in [0.15, 0.2) is 24.3 Å². The van der Waals surface area contributed by atoms with Gasteiger partial charge < -0.3 is 15.2 Å². The van der Waals surface area contributed by atoms with Crippen molar-refractivity contribution < 1.29 is 14.6 Å². The lowest BCUT2D eigenvalue weighted by atomic mass is 9.87. The van der Waals surface area contributed by atoms with Gasteiger partial charge in [0.25, 0.3) is 5.91 Å². The number of nitrogens with one attached hydrogen (secondary N) is 1. The van der Waals surface area contributed by atoms with Gasteiger partial charge >= 0.3 is 0 Å². The Morgan fingerprint density at radius 1 is 1.38 bits per heavy atom. The number of aliphatic hydroxyl groups is 1. The number of fused-ring (bicyclic) bond motifs is 1. The molecule has 0 unspecified atom stereocenters. The summed E-state index contributed by atoms with van der Waals surface area (Å²) < 4.78 is 5.19. The molecule has 1 saturated heterocycles. The van der Waals surface area contributed by atoms with E-state index >= 15 is 0 Å². The Hall–Kier alpha value is -1.98. The minimum Gasteiger partial charge on any atom is -0.396 e. The van der Waals surface area contributed by atoms with Crippen molar-refractivity contribution in [2.75, 3.05) is 26.4 Å². The van der Waals surface area contributed by atoms with Crippen molar-refractivity contribution >= 4 is 16.8 Å². The molecule has 1 aromatic heterocycles. The summed E-state index contributed by atoms with van der Waals surface area (Å²) in [5.74, 6) is 0.390. The number of hydrogen-bond donors (Lipinski definition) is 2. The molecule has 126 valence electrons. The van der Waals surface area contributed by atoms with E-state index in [1.807, 2.05) is 31.2 Å². The first-order chi connectivity index (χ1) is 11.6. The normalized spacial score (nSPS) is 19.1. The van der Waals surface area contributed by atoms with Crippen molar-refractivity contribution in [1.29, 1.82) is 0 Å². The van der Waals surface area contributed by atoms with Gasteiger partial charge in [-0.1, -0.05) is 11.6 Å². The van der Waals surface area contributed by atoms with E-state index in [0.29, 0.717) is 31.2 Å². The Balaban J connectivity index is 1.65. The number of hydrogen-bond acceptors (Lipinski definition) is 4. The second-order valence-electron chi connectivity index (χ2n) is 7.22. The third-order valence-electron chi connectivity index (χ3n) is 5.00. The molecular weight excluding hydrogens is 304 g/mol. The molecule has 1 aliphatic heterocycles. The molecule has 5 heteroatoms. The molecule has 0 radical (unpaired) electrons. The highest BCUT2D eigenvalue weighted by Crippen LogP contribution is 2.40. The van der Waals surface area contributed by atoms with E-state index in [0.717, 1.165) is 35.0 Å². The first-order valence-electron chi connectivity index (χ1n) is 8.48. The molecule has 0 spiro atoms. The van der Waals surface area contributed by atoms with Crippen LogP contribution in [0.1, 0.15) is 40.4 Å². The van der Waals surface area contributed by atoms with Crippen LogP contribution in [0.4, 0.5) is 0 Å². The van der Waals surface area contributed by atoms with Gasteiger partial charge in [0.05, 0.1) is 36.3 Å². The quantitative estimate of drug-likeness (QED) is 0.883. The van der Waals surface area contributed by atoms with Crippen LogP contribution < -0.4 is 5.32 Å². The molecule has 2 heterocycles. The Morgan fingerprint density at radius 2 is 2.17 bits per heavy atom. The van der Waals surface area contributed by atoms with Gasteiger partial charge in [-0.25, -0.2) is 0 Å². The Morgan fingerprint density at radius 3 is 2.79 bits per heavy atom. The van der Waals surface area contributed by atoms with Crippen molar-refractivity contribution in [1.82, 2.24) is 10.3 Å². The molecule has 0 atom stereocenters. The second-order valence-corrected chi connectivity index (χ2v) is 7.22. The monoisotopic (exact) mass is 326 g/mol. The SMILES string of the molecule is Cc1ccc2nc(C3CC3)cc(C(=O)NCC3(CO)COC3)c2c1. The third kappa shape index (κ3) is 2.78. The molecule has 5 nitrogen and oxygen atoms in total. The fraction of sp³-hybridized carbons (Fsp3) is 0.474. The molecule has 1 saturated carbocycles. The maximum Gasteiger partial charge on any atom is 0.252 e. The van der Waals surface area contributed by atoms with Crippen LogP contribution in [0.25, 0.3) is 10.9 Å². The summed E-state index contributed by atoms with van der Waals surface area (Å²) in [5.41, 5.74) is 3.35. The van der Waals surface area contributed by atoms with Crippen LogP contribution in [0, 0.1) is 12.3 Å². The minimum absolute atomic E-state index is 0.0246. The molecule has 1 aliphatic carbocycles. The zero-order chi connectivity index (χ0) is 16.7. The van der Waals surface area contributed by atoms with E-state index < -0.39 is 0 Å². The standard InChI is InChI=1S/C19H22N2O3/c1-12-2-5-16-14(6-12)15(7-17(21-16)13-3-4-13)18(23)20-8-19(9-22)10-24-11-19/h2,5-7,13,22H,3-4,8-11H2,1H3,(H,20,23). The number of aliphatic hydroxyl groups excluding tert-OH is 1. The van der Waals surface area contributed by atoms with Crippen molar-refractivity contribution in [3.63, 3.8) is 0 Å². The minimum atomic E-state index is -0.326. The molecule has 4 rings (SSSR count). The molecule has 24 heavy (non-hydrogen) atoms. The van der Waals surface area contributed by atoms with E-state index in [1.165, 1.54) is 0 Å². The number of carbonyl (C=O) groups excluding carboxylic acids is 1. The smallest absolute Gasteiger partial charge is 0.252 e. The molecule has 0 bridgehead atoms. The average Bonchev–Trinajstić information content (AvgIpc) is 3.38. The molecule has 2 N–H and O–H groups in total. The number of amides is 1. The summed E-state index contributed by atoms with van der Waals surface area (Å²) in [6.45, 7) is 3.45. The molecule has 2 aromatic rings. The number of nitrogens with zero attached hydrogens (tertiary/aromatic N) is 1. The topological polar surface area (TPSA) is 71.5 Å². The Kier molecular flexibility index (Phi) is 3.77. The highest BCUT2D eigenvalue weighted by molar-refractivity contribution is 6.06. The summed E-state index contributed by atoms with van der Waals surface area (Å²) in [7, 11) is 0. The van der Waals surface area contributed by atoms with Gasteiger partial charge in [0.15, 0.2) is 0 Å². The highest BCUT2D eigenvalue weighted by atomic mass is 16.5. The van der Waals surface area contributed by atoms with Crippen LogP contribution in [0.5, 0.6) is 0 Å². The van der Waals surface area contributed by atoms with Gasteiger partial charge in [0.1, 0.15) is 0 Å². The van der Waals surface area contributed by atoms with Crippen LogP contribution in [-0.4, -0.2) is 42.4 Å². The van der Waals surface area contributed by atoms with Gasteiger partial charge in [0.2, 0.25) is 0 Å². The lowest BCUT2D eigenvalue weighted by Gasteiger charge is -2.39. The molecule has 1 amide bonds. The van der Waals surface area contributed by atoms with Gasteiger partial charge in [-0.15, -0.1) is 0 Å². The number of pyridine rings is 1. The van der Waals surface area contributed by atoms with Crippen molar-refractivity contribution in [2.24, 2.45) is 5.41 Å². The summed E-state index contributed by atoms with van der Waals surface area (Å²) in [6.07, 6.45) is 2.30. The van der Waals surface area contributed by atoms with Crippen molar-refractivity contribution in [3.05, 3.63) is 41.1 Å². The molecule has 1 aromatic carbocycles. The average molecular weight is 326 g/mol. The first kappa shape index (κ1) is 15.5. The largest absolute Gasteiger partial charge is 0.396 e. The third-order valence-corrected chi connectivity index (χ3v) is 5.00. The van der Waals surface area contributed by atoms with Gasteiger partial charge in [-0.2, -0.15) is 0 Å². The molecule has 2 aliphatic rings. The van der Waals surface area contributed by atoms with E-state index in [4.69, 9.17) is 9.72 Å².